The normalized spacial score (nSPS) is 34.0. The fourth-order valence-electron chi connectivity index (χ4n) is 3.68. The van der Waals surface area contributed by atoms with Crippen molar-refractivity contribution in [3.63, 3.8) is 0 Å². The van der Waals surface area contributed by atoms with Gasteiger partial charge in [0.1, 0.15) is 0 Å². The van der Waals surface area contributed by atoms with Crippen LogP contribution in [0.5, 0.6) is 0 Å². The number of nitrogens with zero attached hydrogens (tertiary/aromatic N) is 2. The minimum absolute atomic E-state index is 0.723. The monoisotopic (exact) mass is 251 g/mol. The predicted octanol–water partition coefficient (Wildman–Crippen LogP) is 1.69. The minimum atomic E-state index is 0.723. The first kappa shape index (κ1) is 12.9. The van der Waals surface area contributed by atoms with Gasteiger partial charge in [0.25, 0.3) is 0 Å². The van der Waals surface area contributed by atoms with E-state index in [9.17, 15) is 0 Å². The predicted molar refractivity (Wildman–Crippen MR) is 75.9 cm³/mol. The third kappa shape index (κ3) is 2.89. The third-order valence-electron chi connectivity index (χ3n) is 5.00. The molecule has 2 atom stereocenters. The summed E-state index contributed by atoms with van der Waals surface area (Å²) in [5, 5.41) is 3.67. The lowest BCUT2D eigenvalue weighted by atomic mass is 10.1. The second-order valence-corrected chi connectivity index (χ2v) is 6.75. The first-order valence-corrected chi connectivity index (χ1v) is 7.97. The SMILES string of the molecule is CC(C)N1CCC(N(CC2CCCN2)C2CC2)C1. The Morgan fingerprint density at radius 3 is 2.56 bits per heavy atom. The van der Waals surface area contributed by atoms with Crippen molar-refractivity contribution in [2.24, 2.45) is 0 Å². The van der Waals surface area contributed by atoms with E-state index in [0.29, 0.717) is 0 Å². The third-order valence-corrected chi connectivity index (χ3v) is 5.00. The summed E-state index contributed by atoms with van der Waals surface area (Å²) in [6.07, 6.45) is 7.06. The van der Waals surface area contributed by atoms with Crippen LogP contribution in [0.1, 0.15) is 46.0 Å². The highest BCUT2D eigenvalue weighted by Gasteiger charge is 2.38. The molecule has 104 valence electrons. The van der Waals surface area contributed by atoms with Crippen LogP contribution in [0.3, 0.4) is 0 Å². The highest BCUT2D eigenvalue weighted by atomic mass is 15.3. The van der Waals surface area contributed by atoms with Crippen molar-refractivity contribution < 1.29 is 0 Å². The Morgan fingerprint density at radius 1 is 1.17 bits per heavy atom. The molecule has 0 aromatic rings. The van der Waals surface area contributed by atoms with Crippen molar-refractivity contribution in [2.45, 2.75) is 70.1 Å². The van der Waals surface area contributed by atoms with E-state index in [1.165, 1.54) is 58.3 Å². The molecular formula is C15H29N3. The van der Waals surface area contributed by atoms with E-state index >= 15 is 0 Å². The molecule has 1 saturated carbocycles. The molecule has 0 bridgehead atoms. The molecule has 3 fully saturated rings. The molecule has 2 aliphatic heterocycles. The van der Waals surface area contributed by atoms with Gasteiger partial charge in [0.15, 0.2) is 0 Å². The van der Waals surface area contributed by atoms with Crippen LogP contribution in [-0.4, -0.2) is 60.1 Å². The van der Waals surface area contributed by atoms with Gasteiger partial charge in [-0.1, -0.05) is 0 Å². The molecular weight excluding hydrogens is 222 g/mol. The van der Waals surface area contributed by atoms with Crippen molar-refractivity contribution in [2.75, 3.05) is 26.2 Å². The molecule has 18 heavy (non-hydrogen) atoms. The topological polar surface area (TPSA) is 18.5 Å². The first-order chi connectivity index (χ1) is 8.74. The molecule has 3 rings (SSSR count). The molecule has 1 N–H and O–H groups in total. The van der Waals surface area contributed by atoms with Crippen LogP contribution in [-0.2, 0) is 0 Å². The Hall–Kier alpha value is -0.120. The van der Waals surface area contributed by atoms with E-state index in [2.05, 4.69) is 29.0 Å². The molecule has 0 aromatic heterocycles. The van der Waals surface area contributed by atoms with Crippen LogP contribution in [0, 0.1) is 0 Å². The minimum Gasteiger partial charge on any atom is -0.313 e. The maximum absolute atomic E-state index is 3.67. The number of hydrogen-bond donors (Lipinski definition) is 1. The summed E-state index contributed by atoms with van der Waals surface area (Å²) in [6.45, 7) is 9.84. The highest BCUT2D eigenvalue weighted by Crippen LogP contribution is 2.32. The number of hydrogen-bond acceptors (Lipinski definition) is 3. The summed E-state index contributed by atoms with van der Waals surface area (Å²) in [6, 6.07) is 3.26. The average molecular weight is 251 g/mol. The van der Waals surface area contributed by atoms with E-state index in [-0.39, 0.29) is 0 Å². The first-order valence-electron chi connectivity index (χ1n) is 7.97. The highest BCUT2D eigenvalue weighted by molar-refractivity contribution is 4.95. The Balaban J connectivity index is 1.56. The lowest BCUT2D eigenvalue weighted by molar-refractivity contribution is 0.161. The van der Waals surface area contributed by atoms with Crippen molar-refractivity contribution in [3.05, 3.63) is 0 Å². The molecule has 0 amide bonds. The molecule has 2 heterocycles. The largest absolute Gasteiger partial charge is 0.313 e. The molecule has 0 radical (unpaired) electrons. The number of likely N-dealkylation sites (tertiary alicyclic amines) is 1. The van der Waals surface area contributed by atoms with Crippen LogP contribution in [0.4, 0.5) is 0 Å². The summed E-state index contributed by atoms with van der Waals surface area (Å²) < 4.78 is 0. The lowest BCUT2D eigenvalue weighted by Gasteiger charge is -2.32. The van der Waals surface area contributed by atoms with Gasteiger partial charge in [-0.15, -0.1) is 0 Å². The zero-order valence-electron chi connectivity index (χ0n) is 12.1. The van der Waals surface area contributed by atoms with Gasteiger partial charge in [0, 0.05) is 43.8 Å². The van der Waals surface area contributed by atoms with Crippen molar-refractivity contribution in [1.29, 1.82) is 0 Å². The molecule has 3 aliphatic rings. The van der Waals surface area contributed by atoms with Gasteiger partial charge >= 0.3 is 0 Å². The summed E-state index contributed by atoms with van der Waals surface area (Å²) in [5.41, 5.74) is 0. The van der Waals surface area contributed by atoms with Gasteiger partial charge in [-0.2, -0.15) is 0 Å². The fraction of sp³-hybridized carbons (Fsp3) is 1.00. The van der Waals surface area contributed by atoms with Gasteiger partial charge in [-0.25, -0.2) is 0 Å². The maximum Gasteiger partial charge on any atom is 0.0239 e. The molecule has 0 spiro atoms. The summed E-state index contributed by atoms with van der Waals surface area (Å²) in [5.74, 6) is 0. The molecule has 3 nitrogen and oxygen atoms in total. The quantitative estimate of drug-likeness (QED) is 0.802. The van der Waals surface area contributed by atoms with Crippen molar-refractivity contribution in [1.82, 2.24) is 15.1 Å². The summed E-state index contributed by atoms with van der Waals surface area (Å²) in [7, 11) is 0. The fourth-order valence-corrected chi connectivity index (χ4v) is 3.68. The number of nitrogens with one attached hydrogen (secondary N) is 1. The standard InChI is InChI=1S/C15H29N3/c1-12(2)17-9-7-15(11-17)18(14-5-6-14)10-13-4-3-8-16-13/h12-16H,3-11H2,1-2H3. The van der Waals surface area contributed by atoms with Crippen LogP contribution in [0.2, 0.25) is 0 Å². The zero-order valence-corrected chi connectivity index (χ0v) is 12.1. The molecule has 2 unspecified atom stereocenters. The summed E-state index contributed by atoms with van der Waals surface area (Å²) >= 11 is 0. The Morgan fingerprint density at radius 2 is 2.00 bits per heavy atom. The van der Waals surface area contributed by atoms with Crippen LogP contribution in [0.25, 0.3) is 0 Å². The Bertz CT molecular complexity index is 269. The van der Waals surface area contributed by atoms with Crippen molar-refractivity contribution in [3.8, 4) is 0 Å². The van der Waals surface area contributed by atoms with Gasteiger partial charge in [-0.05, 0) is 52.5 Å². The maximum atomic E-state index is 3.67. The van der Waals surface area contributed by atoms with Gasteiger partial charge in [0.05, 0.1) is 0 Å². The Labute approximate surface area is 112 Å². The molecule has 2 saturated heterocycles. The van der Waals surface area contributed by atoms with Crippen LogP contribution in [0.15, 0.2) is 0 Å². The van der Waals surface area contributed by atoms with E-state index in [1.54, 1.807) is 0 Å². The second-order valence-electron chi connectivity index (χ2n) is 6.75. The van der Waals surface area contributed by atoms with Gasteiger partial charge in [-0.3, -0.25) is 9.80 Å². The van der Waals surface area contributed by atoms with Gasteiger partial charge in [0.2, 0.25) is 0 Å². The molecule has 3 heteroatoms. The van der Waals surface area contributed by atoms with Crippen molar-refractivity contribution >= 4 is 0 Å². The van der Waals surface area contributed by atoms with Crippen LogP contribution >= 0.6 is 0 Å². The smallest absolute Gasteiger partial charge is 0.0239 e. The second kappa shape index (κ2) is 5.48. The van der Waals surface area contributed by atoms with Gasteiger partial charge < -0.3 is 5.32 Å². The lowest BCUT2D eigenvalue weighted by Crippen LogP contribution is -2.46. The van der Waals surface area contributed by atoms with Crippen LogP contribution < -0.4 is 5.32 Å². The van der Waals surface area contributed by atoms with E-state index in [1.807, 2.05) is 0 Å². The molecule has 1 aliphatic carbocycles. The zero-order chi connectivity index (χ0) is 12.5. The molecule has 0 aromatic carbocycles. The van der Waals surface area contributed by atoms with E-state index < -0.39 is 0 Å². The Kier molecular flexibility index (Phi) is 3.92. The summed E-state index contributed by atoms with van der Waals surface area (Å²) in [4.78, 5) is 5.51. The van der Waals surface area contributed by atoms with E-state index in [0.717, 1.165) is 24.2 Å². The number of rotatable bonds is 5. The average Bonchev–Trinajstić information content (AvgIpc) is 2.88. The van der Waals surface area contributed by atoms with E-state index in [4.69, 9.17) is 0 Å².